The number of hydrogen-bond acceptors (Lipinski definition) is 5. The molecule has 0 radical (unpaired) electrons. The van der Waals surface area contributed by atoms with Gasteiger partial charge in [-0.25, -0.2) is 0 Å². The minimum Gasteiger partial charge on any atom is -0.481 e. The Balaban J connectivity index is 1.60. The molecule has 3 aromatic rings. The summed E-state index contributed by atoms with van der Waals surface area (Å²) in [7, 11) is 1.69. The van der Waals surface area contributed by atoms with Crippen molar-refractivity contribution in [3.8, 4) is 17.1 Å². The third-order valence-electron chi connectivity index (χ3n) is 4.21. The third-order valence-corrected chi connectivity index (χ3v) is 4.21. The zero-order chi connectivity index (χ0) is 19.4. The van der Waals surface area contributed by atoms with Gasteiger partial charge in [0, 0.05) is 12.6 Å². The Bertz CT molecular complexity index is 901. The molecule has 140 valence electrons. The maximum Gasteiger partial charge on any atom is 0.263 e. The Kier molecular flexibility index (Phi) is 5.54. The number of hydrogen-bond donors (Lipinski definition) is 0. The first-order valence-electron chi connectivity index (χ1n) is 8.80. The van der Waals surface area contributed by atoms with Crippen LogP contribution in [0.2, 0.25) is 0 Å². The number of carbonyl (C=O) groups excluding carboxylic acids is 1. The van der Waals surface area contributed by atoms with Crippen LogP contribution in [0.4, 0.5) is 0 Å². The molecule has 0 N–H and O–H groups in total. The van der Waals surface area contributed by atoms with E-state index in [0.717, 1.165) is 16.7 Å². The predicted octanol–water partition coefficient (Wildman–Crippen LogP) is 3.78. The van der Waals surface area contributed by atoms with Gasteiger partial charge in [0.2, 0.25) is 11.7 Å². The highest BCUT2D eigenvalue weighted by atomic mass is 16.5. The quantitative estimate of drug-likeness (QED) is 0.665. The first-order chi connectivity index (χ1) is 12.9. The summed E-state index contributed by atoms with van der Waals surface area (Å²) in [4.78, 5) is 18.4. The van der Waals surface area contributed by atoms with E-state index < -0.39 is 6.10 Å². The van der Waals surface area contributed by atoms with Crippen LogP contribution in [0.5, 0.6) is 5.75 Å². The smallest absolute Gasteiger partial charge is 0.263 e. The number of aryl methyl sites for hydroxylation is 2. The first kappa shape index (κ1) is 18.6. The number of benzene rings is 2. The second-order valence-electron chi connectivity index (χ2n) is 6.65. The van der Waals surface area contributed by atoms with Crippen LogP contribution in [0.25, 0.3) is 11.4 Å². The van der Waals surface area contributed by atoms with Crippen LogP contribution in [-0.2, 0) is 11.3 Å². The maximum absolute atomic E-state index is 12.5. The van der Waals surface area contributed by atoms with E-state index in [1.807, 2.05) is 62.4 Å². The van der Waals surface area contributed by atoms with E-state index in [4.69, 9.17) is 9.26 Å². The zero-order valence-corrected chi connectivity index (χ0v) is 16.0. The fourth-order valence-electron chi connectivity index (χ4n) is 2.60. The molecule has 0 fully saturated rings. The van der Waals surface area contributed by atoms with E-state index in [0.29, 0.717) is 17.5 Å². The van der Waals surface area contributed by atoms with Crippen molar-refractivity contribution in [3.05, 3.63) is 65.5 Å². The summed E-state index contributed by atoms with van der Waals surface area (Å²) in [6.07, 6.45) is -0.614. The van der Waals surface area contributed by atoms with Gasteiger partial charge in [-0.15, -0.1) is 0 Å². The molecule has 6 heteroatoms. The Morgan fingerprint density at radius 1 is 1.07 bits per heavy atom. The molecule has 6 nitrogen and oxygen atoms in total. The van der Waals surface area contributed by atoms with Gasteiger partial charge in [-0.05, 0) is 32.9 Å². The highest BCUT2D eigenvalue weighted by Gasteiger charge is 2.21. The summed E-state index contributed by atoms with van der Waals surface area (Å²) < 4.78 is 11.0. The molecule has 1 aromatic heterocycles. The minimum absolute atomic E-state index is 0.161. The summed E-state index contributed by atoms with van der Waals surface area (Å²) in [5.74, 6) is 1.39. The van der Waals surface area contributed by atoms with Crippen molar-refractivity contribution in [1.29, 1.82) is 0 Å². The van der Waals surface area contributed by atoms with Crippen LogP contribution in [0.1, 0.15) is 23.9 Å². The fourth-order valence-corrected chi connectivity index (χ4v) is 2.60. The molecule has 0 aliphatic heterocycles. The standard InChI is InChI=1S/C21H23N3O3/c1-14-5-9-17(10-6-14)20-22-19(27-23-20)13-24(4)21(25)16(3)26-18-11-7-15(2)8-12-18/h5-12,16H,13H2,1-4H3/t16-/m0/s1. The van der Waals surface area contributed by atoms with E-state index in [9.17, 15) is 4.79 Å². The van der Waals surface area contributed by atoms with Crippen molar-refractivity contribution < 1.29 is 14.1 Å². The second-order valence-corrected chi connectivity index (χ2v) is 6.65. The Morgan fingerprint density at radius 3 is 2.30 bits per heavy atom. The van der Waals surface area contributed by atoms with E-state index in [-0.39, 0.29) is 12.5 Å². The summed E-state index contributed by atoms with van der Waals surface area (Å²) in [6.45, 7) is 5.97. The molecular weight excluding hydrogens is 342 g/mol. The molecule has 0 saturated carbocycles. The van der Waals surface area contributed by atoms with Crippen molar-refractivity contribution in [2.75, 3.05) is 7.05 Å². The molecule has 2 aromatic carbocycles. The van der Waals surface area contributed by atoms with Crippen LogP contribution < -0.4 is 4.74 Å². The van der Waals surface area contributed by atoms with Gasteiger partial charge in [0.25, 0.3) is 5.91 Å². The monoisotopic (exact) mass is 365 g/mol. The molecule has 1 heterocycles. The lowest BCUT2D eigenvalue weighted by atomic mass is 10.1. The summed E-state index contributed by atoms with van der Waals surface area (Å²) >= 11 is 0. The van der Waals surface area contributed by atoms with Gasteiger partial charge >= 0.3 is 0 Å². The van der Waals surface area contributed by atoms with Crippen molar-refractivity contribution in [2.45, 2.75) is 33.4 Å². The maximum atomic E-state index is 12.5. The second kappa shape index (κ2) is 8.03. The van der Waals surface area contributed by atoms with Gasteiger partial charge < -0.3 is 14.2 Å². The zero-order valence-electron chi connectivity index (χ0n) is 16.0. The van der Waals surface area contributed by atoms with Gasteiger partial charge in [-0.2, -0.15) is 4.98 Å². The molecule has 0 unspecified atom stereocenters. The van der Waals surface area contributed by atoms with Crippen molar-refractivity contribution in [2.24, 2.45) is 0 Å². The van der Waals surface area contributed by atoms with Crippen molar-refractivity contribution >= 4 is 5.91 Å². The Labute approximate surface area is 158 Å². The summed E-state index contributed by atoms with van der Waals surface area (Å²) in [5, 5.41) is 3.99. The lowest BCUT2D eigenvalue weighted by Gasteiger charge is -2.20. The molecule has 0 aliphatic carbocycles. The first-order valence-corrected chi connectivity index (χ1v) is 8.80. The predicted molar refractivity (Wildman–Crippen MR) is 102 cm³/mol. The number of nitrogens with zero attached hydrogens (tertiary/aromatic N) is 3. The van der Waals surface area contributed by atoms with Crippen molar-refractivity contribution in [3.63, 3.8) is 0 Å². The van der Waals surface area contributed by atoms with Crippen molar-refractivity contribution in [1.82, 2.24) is 15.0 Å². The van der Waals surface area contributed by atoms with Crippen LogP contribution in [0, 0.1) is 13.8 Å². The molecule has 27 heavy (non-hydrogen) atoms. The van der Waals surface area contributed by atoms with Gasteiger partial charge in [0.15, 0.2) is 6.10 Å². The van der Waals surface area contributed by atoms with Gasteiger partial charge in [0.1, 0.15) is 5.75 Å². The lowest BCUT2D eigenvalue weighted by molar-refractivity contribution is -0.137. The third kappa shape index (κ3) is 4.73. The molecular formula is C21H23N3O3. The number of rotatable bonds is 6. The normalized spacial score (nSPS) is 11.9. The molecule has 1 amide bonds. The number of amides is 1. The number of carbonyl (C=O) groups is 1. The van der Waals surface area contributed by atoms with Crippen LogP contribution in [-0.4, -0.2) is 34.1 Å². The SMILES string of the molecule is Cc1ccc(O[C@@H](C)C(=O)N(C)Cc2nc(-c3ccc(C)cc3)no2)cc1. The molecule has 0 bridgehead atoms. The van der Waals surface area contributed by atoms with E-state index >= 15 is 0 Å². The van der Waals surface area contributed by atoms with Crippen LogP contribution >= 0.6 is 0 Å². The Morgan fingerprint density at radius 2 is 1.67 bits per heavy atom. The molecule has 0 spiro atoms. The largest absolute Gasteiger partial charge is 0.481 e. The molecule has 3 rings (SSSR count). The van der Waals surface area contributed by atoms with Gasteiger partial charge in [-0.3, -0.25) is 4.79 Å². The number of aromatic nitrogens is 2. The number of ether oxygens (including phenoxy) is 1. The molecule has 0 aliphatic rings. The summed E-state index contributed by atoms with van der Waals surface area (Å²) in [5.41, 5.74) is 3.18. The topological polar surface area (TPSA) is 68.5 Å². The molecule has 1 atom stereocenters. The highest BCUT2D eigenvalue weighted by molar-refractivity contribution is 5.80. The van der Waals surface area contributed by atoms with E-state index in [1.165, 1.54) is 4.90 Å². The fraction of sp³-hybridized carbons (Fsp3) is 0.286. The number of likely N-dealkylation sites (N-methyl/N-ethyl adjacent to an activating group) is 1. The molecule has 0 saturated heterocycles. The van der Waals surface area contributed by atoms with Crippen LogP contribution in [0.15, 0.2) is 53.1 Å². The Hall–Kier alpha value is -3.15. The van der Waals surface area contributed by atoms with E-state index in [2.05, 4.69) is 10.1 Å². The van der Waals surface area contributed by atoms with E-state index in [1.54, 1.807) is 14.0 Å². The van der Waals surface area contributed by atoms with Crippen LogP contribution in [0.3, 0.4) is 0 Å². The average Bonchev–Trinajstić information content (AvgIpc) is 3.12. The minimum atomic E-state index is -0.614. The average molecular weight is 365 g/mol. The van der Waals surface area contributed by atoms with Gasteiger partial charge in [0.05, 0.1) is 6.54 Å². The highest BCUT2D eigenvalue weighted by Crippen LogP contribution is 2.18. The lowest BCUT2D eigenvalue weighted by Crippen LogP contribution is -2.37. The van der Waals surface area contributed by atoms with Gasteiger partial charge in [-0.1, -0.05) is 52.7 Å². The summed E-state index contributed by atoms with van der Waals surface area (Å²) in [6, 6.07) is 15.5.